The quantitative estimate of drug-likeness (QED) is 0.450. The summed E-state index contributed by atoms with van der Waals surface area (Å²) in [4.78, 5) is 14.4. The zero-order valence-corrected chi connectivity index (χ0v) is 12.4. The average Bonchev–Trinajstić information content (AvgIpc) is 2.47. The van der Waals surface area contributed by atoms with E-state index in [4.69, 9.17) is 0 Å². The summed E-state index contributed by atoms with van der Waals surface area (Å²) in [6, 6.07) is 12.4. The maximum atomic E-state index is 10.6. The molecule has 1 heterocycles. The van der Waals surface area contributed by atoms with Gasteiger partial charge < -0.3 is 0 Å². The highest BCUT2D eigenvalue weighted by molar-refractivity contribution is 8.76. The van der Waals surface area contributed by atoms with Crippen molar-refractivity contribution in [2.45, 2.75) is 17.2 Å². The van der Waals surface area contributed by atoms with Crippen molar-refractivity contribution in [2.24, 2.45) is 0 Å². The van der Waals surface area contributed by atoms with Crippen LogP contribution in [-0.4, -0.2) is 15.2 Å². The third-order valence-electron chi connectivity index (χ3n) is 2.45. The van der Waals surface area contributed by atoms with Crippen LogP contribution in [0, 0.1) is 16.5 Å². The first-order chi connectivity index (χ1) is 9.65. The molecule has 0 aliphatic heterocycles. The van der Waals surface area contributed by atoms with E-state index in [0.717, 1.165) is 10.6 Å². The molecule has 1 radical (unpaired) electrons. The molecule has 0 N–H and O–H groups in total. The highest BCUT2D eigenvalue weighted by Gasteiger charge is 2.09. The van der Waals surface area contributed by atoms with Crippen LogP contribution in [0.25, 0.3) is 0 Å². The third-order valence-corrected chi connectivity index (χ3v) is 5.11. The SMILES string of the molecule is CC([CH]c1ccc([N+](=O)[O-])cc1)SSc1ccccn1. The van der Waals surface area contributed by atoms with Crippen molar-refractivity contribution in [3.8, 4) is 0 Å². The van der Waals surface area contributed by atoms with Gasteiger partial charge in [0.25, 0.3) is 5.69 Å². The third kappa shape index (κ3) is 4.54. The molecule has 0 saturated carbocycles. The van der Waals surface area contributed by atoms with Gasteiger partial charge in [0.05, 0.1) is 4.92 Å². The summed E-state index contributed by atoms with van der Waals surface area (Å²) >= 11 is 0. The van der Waals surface area contributed by atoms with Gasteiger partial charge in [-0.3, -0.25) is 10.1 Å². The minimum absolute atomic E-state index is 0.116. The van der Waals surface area contributed by atoms with Crippen molar-refractivity contribution in [2.75, 3.05) is 0 Å². The molecule has 103 valence electrons. The summed E-state index contributed by atoms with van der Waals surface area (Å²) in [5.41, 5.74) is 1.10. The molecule has 1 atom stereocenters. The van der Waals surface area contributed by atoms with Crippen molar-refractivity contribution in [1.82, 2.24) is 4.98 Å². The van der Waals surface area contributed by atoms with Crippen LogP contribution in [0.2, 0.25) is 0 Å². The number of aromatic nitrogens is 1. The Labute approximate surface area is 125 Å². The molecule has 0 bridgehead atoms. The van der Waals surface area contributed by atoms with Crippen LogP contribution in [0.5, 0.6) is 0 Å². The van der Waals surface area contributed by atoms with Gasteiger partial charge in [-0.05, 0) is 28.5 Å². The van der Waals surface area contributed by atoms with Gasteiger partial charge in [0, 0.05) is 30.0 Å². The first kappa shape index (κ1) is 14.9. The Balaban J connectivity index is 1.85. The zero-order chi connectivity index (χ0) is 14.4. The summed E-state index contributed by atoms with van der Waals surface area (Å²) in [5, 5.41) is 11.8. The van der Waals surface area contributed by atoms with E-state index < -0.39 is 0 Å². The number of non-ortho nitro benzene ring substituents is 1. The summed E-state index contributed by atoms with van der Waals surface area (Å²) in [5.74, 6) is 0. The Bertz CT molecular complexity index is 561. The second-order valence-corrected chi connectivity index (χ2v) is 6.67. The van der Waals surface area contributed by atoms with Crippen LogP contribution in [0.1, 0.15) is 12.5 Å². The molecule has 4 nitrogen and oxygen atoms in total. The van der Waals surface area contributed by atoms with Crippen LogP contribution in [0.15, 0.2) is 53.7 Å². The summed E-state index contributed by atoms with van der Waals surface area (Å²) < 4.78 is 0. The highest BCUT2D eigenvalue weighted by Crippen LogP contribution is 2.34. The highest BCUT2D eigenvalue weighted by atomic mass is 33.1. The van der Waals surface area contributed by atoms with E-state index in [2.05, 4.69) is 18.3 Å². The van der Waals surface area contributed by atoms with Gasteiger partial charge in [-0.1, -0.05) is 35.9 Å². The molecule has 1 unspecified atom stereocenters. The number of nitro benzene ring substituents is 1. The molecule has 6 heteroatoms. The minimum Gasteiger partial charge on any atom is -0.258 e. The van der Waals surface area contributed by atoms with Gasteiger partial charge in [0.15, 0.2) is 0 Å². The lowest BCUT2D eigenvalue weighted by atomic mass is 10.1. The van der Waals surface area contributed by atoms with E-state index >= 15 is 0 Å². The number of benzene rings is 1. The molecule has 20 heavy (non-hydrogen) atoms. The second-order valence-electron chi connectivity index (χ2n) is 4.07. The molecule has 2 aromatic rings. The molecule has 2 rings (SSSR count). The predicted octanol–water partition coefficient (Wildman–Crippen LogP) is 4.37. The average molecular weight is 305 g/mol. The fraction of sp³-hybridized carbons (Fsp3) is 0.143. The molecule has 0 spiro atoms. The second kappa shape index (κ2) is 7.31. The van der Waals surface area contributed by atoms with E-state index in [1.54, 1.807) is 39.9 Å². The van der Waals surface area contributed by atoms with E-state index in [1.165, 1.54) is 12.1 Å². The van der Waals surface area contributed by atoms with Crippen molar-refractivity contribution >= 4 is 27.3 Å². The molecular weight excluding hydrogens is 292 g/mol. The number of nitro groups is 1. The van der Waals surface area contributed by atoms with Gasteiger partial charge in [-0.2, -0.15) is 0 Å². The van der Waals surface area contributed by atoms with Gasteiger partial charge in [0.2, 0.25) is 0 Å². The number of pyridine rings is 1. The van der Waals surface area contributed by atoms with Crippen molar-refractivity contribution in [3.63, 3.8) is 0 Å². The lowest BCUT2D eigenvalue weighted by Crippen LogP contribution is -1.97. The molecule has 1 aromatic carbocycles. The first-order valence-corrected chi connectivity index (χ1v) is 8.20. The topological polar surface area (TPSA) is 56.0 Å². The fourth-order valence-corrected chi connectivity index (χ4v) is 3.44. The Morgan fingerprint density at radius 1 is 1.25 bits per heavy atom. The van der Waals surface area contributed by atoms with Crippen LogP contribution < -0.4 is 0 Å². The standard InChI is InChI=1S/C14H13N2O2S2/c1-11(19-20-14-4-2-3-9-15-14)10-12-5-7-13(8-6-12)16(17)18/h2-11H,1H3. The maximum Gasteiger partial charge on any atom is 0.269 e. The largest absolute Gasteiger partial charge is 0.269 e. The van der Waals surface area contributed by atoms with Gasteiger partial charge in [-0.25, -0.2) is 4.98 Å². The number of rotatable bonds is 6. The van der Waals surface area contributed by atoms with E-state index in [-0.39, 0.29) is 15.9 Å². The number of nitrogens with zero attached hydrogens (tertiary/aromatic N) is 2. The van der Waals surface area contributed by atoms with Crippen LogP contribution >= 0.6 is 21.6 Å². The Hall–Kier alpha value is -1.53. The van der Waals surface area contributed by atoms with Crippen molar-refractivity contribution in [1.29, 1.82) is 0 Å². The van der Waals surface area contributed by atoms with E-state index in [1.807, 2.05) is 18.2 Å². The molecule has 0 saturated heterocycles. The van der Waals surface area contributed by atoms with E-state index in [9.17, 15) is 10.1 Å². The molecule has 0 fully saturated rings. The molecule has 0 amide bonds. The molecule has 1 aromatic heterocycles. The molecule has 0 aliphatic rings. The maximum absolute atomic E-state index is 10.6. The minimum atomic E-state index is -0.390. The Morgan fingerprint density at radius 2 is 2.00 bits per heavy atom. The van der Waals surface area contributed by atoms with Gasteiger partial charge in [-0.15, -0.1) is 0 Å². The monoisotopic (exact) mass is 305 g/mol. The van der Waals surface area contributed by atoms with Crippen molar-refractivity contribution in [3.05, 3.63) is 70.8 Å². The zero-order valence-electron chi connectivity index (χ0n) is 10.8. The van der Waals surface area contributed by atoms with Crippen molar-refractivity contribution < 1.29 is 4.92 Å². The first-order valence-electron chi connectivity index (χ1n) is 5.99. The van der Waals surface area contributed by atoms with Gasteiger partial charge in [0.1, 0.15) is 5.03 Å². The predicted molar refractivity (Wildman–Crippen MR) is 83.6 cm³/mol. The lowest BCUT2D eigenvalue weighted by molar-refractivity contribution is -0.384. The van der Waals surface area contributed by atoms with Crippen LogP contribution in [0.3, 0.4) is 0 Å². The fourth-order valence-electron chi connectivity index (χ4n) is 1.53. The van der Waals surface area contributed by atoms with Crippen LogP contribution in [0.4, 0.5) is 5.69 Å². The number of hydrogen-bond acceptors (Lipinski definition) is 5. The summed E-state index contributed by atoms with van der Waals surface area (Å²) in [6.45, 7) is 2.09. The lowest BCUT2D eigenvalue weighted by Gasteiger charge is -2.09. The van der Waals surface area contributed by atoms with E-state index in [0.29, 0.717) is 0 Å². The van der Waals surface area contributed by atoms with Crippen LogP contribution in [-0.2, 0) is 0 Å². The summed E-state index contributed by atoms with van der Waals surface area (Å²) in [6.07, 6.45) is 3.85. The Kier molecular flexibility index (Phi) is 5.43. The Morgan fingerprint density at radius 3 is 2.60 bits per heavy atom. The number of hydrogen-bond donors (Lipinski definition) is 0. The normalized spacial score (nSPS) is 12.1. The smallest absolute Gasteiger partial charge is 0.258 e. The molecule has 0 aliphatic carbocycles. The van der Waals surface area contributed by atoms with Gasteiger partial charge >= 0.3 is 0 Å². The molecular formula is C14H13N2O2S2. The summed E-state index contributed by atoms with van der Waals surface area (Å²) in [7, 11) is 3.32.